The number of hydrogen-bond donors (Lipinski definition) is 1. The van der Waals surface area contributed by atoms with Crippen LogP contribution in [0.3, 0.4) is 0 Å². The number of methoxy groups -OCH3 is 1. The topological polar surface area (TPSA) is 128 Å². The van der Waals surface area contributed by atoms with Gasteiger partial charge in [-0.3, -0.25) is 29.4 Å². The molecule has 1 N–H and O–H groups in total. The lowest BCUT2D eigenvalue weighted by atomic mass is 10.1. The summed E-state index contributed by atoms with van der Waals surface area (Å²) >= 11 is 13.5. The molecule has 3 aromatic rings. The van der Waals surface area contributed by atoms with Crippen LogP contribution in [0.4, 0.5) is 16.2 Å². The Morgan fingerprint density at radius 1 is 1.10 bits per heavy atom. The Balaban J connectivity index is 1.45. The maximum absolute atomic E-state index is 13.0. The highest BCUT2D eigenvalue weighted by atomic mass is 79.9. The van der Waals surface area contributed by atoms with E-state index >= 15 is 0 Å². The number of thioether (sulfide) groups is 1. The van der Waals surface area contributed by atoms with E-state index in [1.54, 1.807) is 42.5 Å². The standard InChI is InChI=1S/C26H18Br2ClN3O7S/c1-38-21-8-15(19(28)11-22(21)39-13-14-2-5-17(6-3-14)32(36)37)9-23-25(34)31(26(35)40-23)12-24(33)30-16-4-7-18(27)20(29)10-16/h2-11H,12-13H2,1H3,(H,30,33)/b23-9+. The molecular formula is C26H18Br2ClN3O7S. The number of benzene rings is 3. The van der Waals surface area contributed by atoms with E-state index in [-0.39, 0.29) is 17.2 Å². The lowest BCUT2D eigenvalue weighted by molar-refractivity contribution is -0.384. The Morgan fingerprint density at radius 2 is 1.82 bits per heavy atom. The van der Waals surface area contributed by atoms with E-state index in [0.717, 1.165) is 4.90 Å². The number of amides is 3. The lowest BCUT2D eigenvalue weighted by Crippen LogP contribution is -2.36. The number of nitrogens with zero attached hydrogens (tertiary/aromatic N) is 2. The Labute approximate surface area is 254 Å². The average molecular weight is 712 g/mol. The molecule has 4 rings (SSSR count). The number of nitro benzene ring substituents is 1. The van der Waals surface area contributed by atoms with Gasteiger partial charge in [0.1, 0.15) is 13.2 Å². The van der Waals surface area contributed by atoms with Crippen molar-refractivity contribution in [3.63, 3.8) is 0 Å². The van der Waals surface area contributed by atoms with Gasteiger partial charge in [-0.1, -0.05) is 27.5 Å². The molecule has 1 aliphatic rings. The van der Waals surface area contributed by atoms with Crippen LogP contribution in [0.15, 0.2) is 68.4 Å². The molecule has 0 aliphatic carbocycles. The van der Waals surface area contributed by atoms with Crippen LogP contribution in [0, 0.1) is 10.1 Å². The summed E-state index contributed by atoms with van der Waals surface area (Å²) < 4.78 is 12.5. The minimum atomic E-state index is -0.608. The highest BCUT2D eigenvalue weighted by molar-refractivity contribution is 9.10. The smallest absolute Gasteiger partial charge is 0.294 e. The van der Waals surface area contributed by atoms with Gasteiger partial charge < -0.3 is 14.8 Å². The van der Waals surface area contributed by atoms with Crippen molar-refractivity contribution >= 4 is 89.7 Å². The summed E-state index contributed by atoms with van der Waals surface area (Å²) in [5.41, 5.74) is 1.66. The van der Waals surface area contributed by atoms with Crippen molar-refractivity contribution in [2.75, 3.05) is 19.0 Å². The van der Waals surface area contributed by atoms with Crippen LogP contribution in [-0.2, 0) is 16.2 Å². The molecule has 10 nitrogen and oxygen atoms in total. The Kier molecular flexibility index (Phi) is 9.51. The first kappa shape index (κ1) is 29.6. The number of nitrogens with one attached hydrogen (secondary N) is 1. The van der Waals surface area contributed by atoms with E-state index in [9.17, 15) is 24.5 Å². The fourth-order valence-electron chi connectivity index (χ4n) is 3.50. The quantitative estimate of drug-likeness (QED) is 0.142. The summed E-state index contributed by atoms with van der Waals surface area (Å²) in [5.74, 6) is -0.409. The van der Waals surface area contributed by atoms with Crippen molar-refractivity contribution < 1.29 is 28.8 Å². The SMILES string of the molecule is COc1cc(/C=C2/SC(=O)N(CC(=O)Nc3ccc(Br)c(Cl)c3)C2=O)c(Br)cc1OCc1ccc([N+](=O)[O-])cc1. The van der Waals surface area contributed by atoms with E-state index in [2.05, 4.69) is 37.2 Å². The third kappa shape index (κ3) is 7.02. The Hall–Kier alpha value is -3.39. The monoisotopic (exact) mass is 709 g/mol. The maximum Gasteiger partial charge on any atom is 0.294 e. The number of carbonyl (C=O) groups is 3. The van der Waals surface area contributed by atoms with Crippen molar-refractivity contribution in [3.8, 4) is 11.5 Å². The van der Waals surface area contributed by atoms with Gasteiger partial charge in [0.15, 0.2) is 11.5 Å². The zero-order valence-corrected chi connectivity index (χ0v) is 25.2. The van der Waals surface area contributed by atoms with Crippen LogP contribution >= 0.6 is 55.2 Å². The number of rotatable bonds is 9. The predicted molar refractivity (Wildman–Crippen MR) is 159 cm³/mol. The van der Waals surface area contributed by atoms with E-state index in [0.29, 0.717) is 54.0 Å². The van der Waals surface area contributed by atoms with Crippen molar-refractivity contribution in [2.45, 2.75) is 6.61 Å². The van der Waals surface area contributed by atoms with Gasteiger partial charge in [0, 0.05) is 26.8 Å². The van der Waals surface area contributed by atoms with Crippen molar-refractivity contribution in [3.05, 3.63) is 94.7 Å². The Bertz CT molecular complexity index is 1550. The molecule has 1 aliphatic heterocycles. The van der Waals surface area contributed by atoms with Gasteiger partial charge in [0.2, 0.25) is 5.91 Å². The second kappa shape index (κ2) is 12.9. The van der Waals surface area contributed by atoms with Gasteiger partial charge in [-0.05, 0) is 87.4 Å². The molecule has 0 unspecified atom stereocenters. The largest absolute Gasteiger partial charge is 0.493 e. The molecule has 0 spiro atoms. The van der Waals surface area contributed by atoms with Gasteiger partial charge in [0.05, 0.1) is 22.0 Å². The summed E-state index contributed by atoms with van der Waals surface area (Å²) in [6.07, 6.45) is 1.52. The molecule has 1 saturated heterocycles. The first-order valence-corrected chi connectivity index (χ1v) is 14.1. The molecule has 1 fully saturated rings. The van der Waals surface area contributed by atoms with Gasteiger partial charge in [-0.15, -0.1) is 0 Å². The average Bonchev–Trinajstić information content (AvgIpc) is 3.18. The third-order valence-electron chi connectivity index (χ3n) is 5.49. The van der Waals surface area contributed by atoms with E-state index in [1.807, 2.05) is 0 Å². The van der Waals surface area contributed by atoms with Crippen LogP contribution < -0.4 is 14.8 Å². The molecule has 0 radical (unpaired) electrons. The number of ether oxygens (including phenoxy) is 2. The van der Waals surface area contributed by atoms with E-state index < -0.39 is 28.5 Å². The fraction of sp³-hybridized carbons (Fsp3) is 0.115. The van der Waals surface area contributed by atoms with Crippen molar-refractivity contribution in [1.82, 2.24) is 4.90 Å². The highest BCUT2D eigenvalue weighted by Gasteiger charge is 2.36. The zero-order chi connectivity index (χ0) is 29.0. The van der Waals surface area contributed by atoms with Crippen LogP contribution in [-0.4, -0.2) is 40.5 Å². The fourth-order valence-corrected chi connectivity index (χ4v) is 5.20. The zero-order valence-electron chi connectivity index (χ0n) is 20.5. The predicted octanol–water partition coefficient (Wildman–Crippen LogP) is 7.04. The summed E-state index contributed by atoms with van der Waals surface area (Å²) in [6.45, 7) is -0.330. The Morgan fingerprint density at radius 3 is 2.48 bits per heavy atom. The summed E-state index contributed by atoms with van der Waals surface area (Å²) in [7, 11) is 1.46. The van der Waals surface area contributed by atoms with Crippen LogP contribution in [0.2, 0.25) is 5.02 Å². The van der Waals surface area contributed by atoms with E-state index in [1.165, 1.54) is 25.3 Å². The van der Waals surface area contributed by atoms with Crippen LogP contribution in [0.25, 0.3) is 6.08 Å². The minimum absolute atomic E-state index is 0.0204. The molecule has 206 valence electrons. The van der Waals surface area contributed by atoms with Gasteiger partial charge >= 0.3 is 0 Å². The van der Waals surface area contributed by atoms with Crippen molar-refractivity contribution in [2.24, 2.45) is 0 Å². The number of imide groups is 1. The molecule has 0 saturated carbocycles. The molecule has 0 aromatic heterocycles. The summed E-state index contributed by atoms with van der Waals surface area (Å²) in [5, 5.41) is 13.3. The number of hydrogen-bond acceptors (Lipinski definition) is 8. The molecule has 0 bridgehead atoms. The van der Waals surface area contributed by atoms with E-state index in [4.69, 9.17) is 21.1 Å². The maximum atomic E-state index is 13.0. The van der Waals surface area contributed by atoms with Crippen LogP contribution in [0.1, 0.15) is 11.1 Å². The summed E-state index contributed by atoms with van der Waals surface area (Å²) in [4.78, 5) is 49.3. The normalized spacial score (nSPS) is 14.0. The second-order valence-corrected chi connectivity index (χ2v) is 11.3. The third-order valence-corrected chi connectivity index (χ3v) is 8.32. The minimum Gasteiger partial charge on any atom is -0.493 e. The first-order chi connectivity index (χ1) is 19.0. The number of halogens is 3. The number of carbonyl (C=O) groups excluding carboxylic acids is 3. The summed E-state index contributed by atoms with van der Waals surface area (Å²) in [6, 6.07) is 14.1. The molecular weight excluding hydrogens is 694 g/mol. The first-order valence-electron chi connectivity index (χ1n) is 11.3. The van der Waals surface area contributed by atoms with Crippen molar-refractivity contribution in [1.29, 1.82) is 0 Å². The number of anilines is 1. The number of non-ortho nitro benzene ring substituents is 1. The molecule has 3 aromatic carbocycles. The lowest BCUT2D eigenvalue weighted by Gasteiger charge is -2.13. The van der Waals surface area contributed by atoms with Gasteiger partial charge in [-0.25, -0.2) is 0 Å². The van der Waals surface area contributed by atoms with Gasteiger partial charge in [-0.2, -0.15) is 0 Å². The molecule has 3 amide bonds. The highest BCUT2D eigenvalue weighted by Crippen LogP contribution is 2.38. The molecule has 0 atom stereocenters. The van der Waals surface area contributed by atoms with Gasteiger partial charge in [0.25, 0.3) is 16.8 Å². The molecule has 40 heavy (non-hydrogen) atoms. The number of nitro groups is 1. The molecule has 14 heteroatoms. The second-order valence-electron chi connectivity index (χ2n) is 8.18. The van der Waals surface area contributed by atoms with Crippen LogP contribution in [0.5, 0.6) is 11.5 Å². The molecule has 1 heterocycles.